The minimum Gasteiger partial charge on any atom is -0.473 e. The van der Waals surface area contributed by atoms with E-state index in [2.05, 4.69) is 9.72 Å². The zero-order valence-corrected chi connectivity index (χ0v) is 17.1. The van der Waals surface area contributed by atoms with Gasteiger partial charge in [-0.2, -0.15) is 8.78 Å². The predicted octanol–water partition coefficient (Wildman–Crippen LogP) is 4.77. The lowest BCUT2D eigenvalue weighted by Gasteiger charge is -2.15. The summed E-state index contributed by atoms with van der Waals surface area (Å²) in [6.07, 6.45) is 2.81. The molecular weight excluding hydrogens is 465 g/mol. The molecule has 3 aromatic rings. The van der Waals surface area contributed by atoms with Gasteiger partial charge in [0.05, 0.1) is 5.56 Å². The molecule has 4 rings (SSSR count). The Morgan fingerprint density at radius 3 is 2.24 bits per heavy atom. The molecule has 0 saturated carbocycles. The number of nitrogens with zero attached hydrogens (tertiary/aromatic N) is 1. The Morgan fingerprint density at radius 2 is 1.59 bits per heavy atom. The molecule has 0 N–H and O–H groups in total. The highest BCUT2D eigenvalue weighted by molar-refractivity contribution is 6.14. The Hall–Kier alpha value is -4.28. The summed E-state index contributed by atoms with van der Waals surface area (Å²) in [7, 11) is 0. The van der Waals surface area contributed by atoms with Crippen LogP contribution in [0.1, 0.15) is 22.8 Å². The number of carbonyl (C=O) groups is 2. The van der Waals surface area contributed by atoms with Crippen LogP contribution in [0.3, 0.4) is 0 Å². The van der Waals surface area contributed by atoms with E-state index in [-0.39, 0.29) is 22.8 Å². The van der Waals surface area contributed by atoms with Gasteiger partial charge in [0.1, 0.15) is 11.5 Å². The molecule has 1 aliphatic rings. The van der Waals surface area contributed by atoms with E-state index in [1.54, 1.807) is 12.1 Å². The summed E-state index contributed by atoms with van der Waals surface area (Å²) >= 11 is 0. The second kappa shape index (κ2) is 8.93. The summed E-state index contributed by atoms with van der Waals surface area (Å²) in [6, 6.07) is 7.14. The third kappa shape index (κ3) is 4.19. The molecule has 0 saturated heterocycles. The van der Waals surface area contributed by atoms with Crippen LogP contribution in [-0.2, 0) is 4.79 Å². The minimum absolute atomic E-state index is 0.0210. The molecule has 1 unspecified atom stereocenters. The monoisotopic (exact) mass is 477 g/mol. The largest absolute Gasteiger partial charge is 0.473 e. The number of ketones is 1. The number of halogens is 5. The van der Waals surface area contributed by atoms with Crippen LogP contribution >= 0.6 is 0 Å². The van der Waals surface area contributed by atoms with Gasteiger partial charge in [0.25, 0.3) is 0 Å². The first-order valence-electron chi connectivity index (χ1n) is 9.55. The van der Waals surface area contributed by atoms with Crippen LogP contribution in [0.25, 0.3) is 6.08 Å². The Bertz CT molecular complexity index is 1310. The second-order valence-electron chi connectivity index (χ2n) is 6.96. The third-order valence-electron chi connectivity index (χ3n) is 4.66. The van der Waals surface area contributed by atoms with Crippen molar-refractivity contribution in [2.45, 2.75) is 13.0 Å². The van der Waals surface area contributed by atoms with Gasteiger partial charge in [0, 0.05) is 18.5 Å². The molecule has 34 heavy (non-hydrogen) atoms. The van der Waals surface area contributed by atoms with Gasteiger partial charge in [0.15, 0.2) is 17.6 Å². The summed E-state index contributed by atoms with van der Waals surface area (Å²) < 4.78 is 82.6. The van der Waals surface area contributed by atoms with E-state index < -0.39 is 52.7 Å². The van der Waals surface area contributed by atoms with Crippen LogP contribution < -0.4 is 14.2 Å². The van der Waals surface area contributed by atoms with Crippen LogP contribution in [-0.4, -0.2) is 22.8 Å². The number of benzene rings is 2. The molecule has 0 fully saturated rings. The maximum atomic E-state index is 13.8. The lowest BCUT2D eigenvalue weighted by atomic mass is 10.1. The number of pyridine rings is 1. The molecule has 6 nitrogen and oxygen atoms in total. The van der Waals surface area contributed by atoms with Gasteiger partial charge < -0.3 is 14.2 Å². The fraction of sp³-hybridized carbons (Fsp3) is 0.0870. The number of Topliss-reactive ketones (excluding diaryl/α,β-unsaturated/α-hetero) is 1. The van der Waals surface area contributed by atoms with Crippen LogP contribution in [0, 0.1) is 29.1 Å². The quantitative estimate of drug-likeness (QED) is 0.132. The Balaban J connectivity index is 1.49. The van der Waals surface area contributed by atoms with E-state index in [1.165, 1.54) is 36.7 Å². The summed E-state index contributed by atoms with van der Waals surface area (Å²) in [5, 5.41) is 0. The molecule has 0 amide bonds. The molecule has 11 heteroatoms. The topological polar surface area (TPSA) is 74.7 Å². The summed E-state index contributed by atoms with van der Waals surface area (Å²) in [5.74, 6) is -14.5. The van der Waals surface area contributed by atoms with Crippen LogP contribution in [0.15, 0.2) is 48.5 Å². The highest BCUT2D eigenvalue weighted by Crippen LogP contribution is 2.35. The number of rotatable bonds is 5. The standard InChI is InChI=1S/C23H12F5NO5/c1-10(32-22-19(27)17(25)16(24)18(26)20(22)28)23(31)33-12-2-3-13-14(9-12)34-15(21(13)30)8-11-4-6-29-7-5-11/h2-10H,1H3/b15-8-. The number of esters is 1. The van der Waals surface area contributed by atoms with Crippen LogP contribution in [0.2, 0.25) is 0 Å². The molecular formula is C23H12F5NO5. The maximum absolute atomic E-state index is 13.8. The minimum atomic E-state index is -2.36. The maximum Gasteiger partial charge on any atom is 0.352 e. The van der Waals surface area contributed by atoms with Gasteiger partial charge in [-0.25, -0.2) is 18.0 Å². The molecule has 0 radical (unpaired) electrons. The van der Waals surface area contributed by atoms with Gasteiger partial charge in [-0.05, 0) is 42.8 Å². The number of carbonyl (C=O) groups excluding carboxylic acids is 2. The zero-order valence-electron chi connectivity index (χ0n) is 17.1. The lowest BCUT2D eigenvalue weighted by molar-refractivity contribution is -0.141. The highest BCUT2D eigenvalue weighted by atomic mass is 19.2. The van der Waals surface area contributed by atoms with E-state index in [1.807, 2.05) is 0 Å². The van der Waals surface area contributed by atoms with E-state index >= 15 is 0 Å². The van der Waals surface area contributed by atoms with Gasteiger partial charge in [0.2, 0.25) is 34.9 Å². The Labute approximate surface area is 188 Å². The predicted molar refractivity (Wildman–Crippen MR) is 106 cm³/mol. The van der Waals surface area contributed by atoms with Gasteiger partial charge >= 0.3 is 5.97 Å². The van der Waals surface area contributed by atoms with Crippen molar-refractivity contribution in [3.63, 3.8) is 0 Å². The van der Waals surface area contributed by atoms with Crippen molar-refractivity contribution in [3.8, 4) is 17.2 Å². The first-order valence-corrected chi connectivity index (χ1v) is 9.55. The number of hydrogen-bond acceptors (Lipinski definition) is 6. The molecule has 2 heterocycles. The Kier molecular flexibility index (Phi) is 6.01. The molecule has 2 aromatic carbocycles. The third-order valence-corrected chi connectivity index (χ3v) is 4.66. The van der Waals surface area contributed by atoms with Crippen molar-refractivity contribution in [1.82, 2.24) is 4.98 Å². The average Bonchev–Trinajstić information content (AvgIpc) is 3.14. The van der Waals surface area contributed by atoms with Gasteiger partial charge in [-0.3, -0.25) is 9.78 Å². The number of allylic oxidation sites excluding steroid dienone is 1. The second-order valence-corrected chi connectivity index (χ2v) is 6.96. The number of fused-ring (bicyclic) bond motifs is 1. The first kappa shape index (κ1) is 22.9. The number of ether oxygens (including phenoxy) is 3. The zero-order chi connectivity index (χ0) is 24.6. The van der Waals surface area contributed by atoms with E-state index in [4.69, 9.17) is 9.47 Å². The van der Waals surface area contributed by atoms with Crippen LogP contribution in [0.5, 0.6) is 17.2 Å². The van der Waals surface area contributed by atoms with Gasteiger partial charge in [-0.15, -0.1) is 0 Å². The van der Waals surface area contributed by atoms with Crippen molar-refractivity contribution in [1.29, 1.82) is 0 Å². The van der Waals surface area contributed by atoms with Gasteiger partial charge in [-0.1, -0.05) is 0 Å². The summed E-state index contributed by atoms with van der Waals surface area (Å²) in [6.45, 7) is 0.989. The molecule has 1 aliphatic heterocycles. The van der Waals surface area contributed by atoms with E-state index in [9.17, 15) is 31.5 Å². The SMILES string of the molecule is CC(Oc1c(F)c(F)c(F)c(F)c1F)C(=O)Oc1ccc2c(c1)O/C(=C\c1ccncc1)C2=O. The van der Waals surface area contributed by atoms with Crippen molar-refractivity contribution < 1.29 is 45.8 Å². The molecule has 0 aliphatic carbocycles. The molecule has 0 spiro atoms. The number of aromatic nitrogens is 1. The summed E-state index contributed by atoms with van der Waals surface area (Å²) in [4.78, 5) is 28.6. The molecule has 0 bridgehead atoms. The number of hydrogen-bond donors (Lipinski definition) is 0. The fourth-order valence-electron chi connectivity index (χ4n) is 2.95. The Morgan fingerprint density at radius 1 is 0.971 bits per heavy atom. The van der Waals surface area contributed by atoms with Crippen molar-refractivity contribution in [2.24, 2.45) is 0 Å². The van der Waals surface area contributed by atoms with Crippen LogP contribution in [0.4, 0.5) is 22.0 Å². The summed E-state index contributed by atoms with van der Waals surface area (Å²) in [5.41, 5.74) is 0.864. The average molecular weight is 477 g/mol. The lowest BCUT2D eigenvalue weighted by Crippen LogP contribution is -2.29. The van der Waals surface area contributed by atoms with E-state index in [0.717, 1.165) is 6.92 Å². The molecule has 1 atom stereocenters. The van der Waals surface area contributed by atoms with Crippen molar-refractivity contribution in [3.05, 3.63) is 88.7 Å². The first-order chi connectivity index (χ1) is 16.2. The molecule has 1 aromatic heterocycles. The highest BCUT2D eigenvalue weighted by Gasteiger charge is 2.31. The normalized spacial score (nSPS) is 14.5. The van der Waals surface area contributed by atoms with Crippen molar-refractivity contribution in [2.75, 3.05) is 0 Å². The van der Waals surface area contributed by atoms with E-state index in [0.29, 0.717) is 5.56 Å². The fourth-order valence-corrected chi connectivity index (χ4v) is 2.95. The van der Waals surface area contributed by atoms with Crippen molar-refractivity contribution >= 4 is 17.8 Å². The smallest absolute Gasteiger partial charge is 0.352 e. The molecule has 174 valence electrons.